The maximum atomic E-state index is 13.5. The number of nitrogens with zero attached hydrogens (tertiary/aromatic N) is 2. The molecule has 9 heteroatoms. The van der Waals surface area contributed by atoms with E-state index in [-0.39, 0.29) is 12.5 Å². The number of hydrogen-bond donors (Lipinski definition) is 1. The Morgan fingerprint density at radius 2 is 1.62 bits per heavy atom. The molecule has 1 heterocycles. The first kappa shape index (κ1) is 17.5. The van der Waals surface area contributed by atoms with E-state index in [2.05, 4.69) is 0 Å². The van der Waals surface area contributed by atoms with Crippen LogP contribution in [-0.4, -0.2) is 46.6 Å². The van der Waals surface area contributed by atoms with Crippen LogP contribution in [0.4, 0.5) is 19.3 Å². The first-order valence-electron chi connectivity index (χ1n) is 7.13. The maximum absolute atomic E-state index is 13.5. The lowest BCUT2D eigenvalue weighted by molar-refractivity contribution is -0.143. The summed E-state index contributed by atoms with van der Waals surface area (Å²) >= 11 is 0. The van der Waals surface area contributed by atoms with Crippen LogP contribution < -0.4 is 5.32 Å². The highest BCUT2D eigenvalue weighted by Crippen LogP contribution is 2.19. The number of anilines is 1. The number of imide groups is 2. The van der Waals surface area contributed by atoms with Crippen molar-refractivity contribution in [3.05, 3.63) is 29.8 Å². The van der Waals surface area contributed by atoms with Gasteiger partial charge in [-0.1, -0.05) is 19.9 Å². The molecule has 0 radical (unpaired) electrons. The highest BCUT2D eigenvalue weighted by Gasteiger charge is 2.45. The van der Waals surface area contributed by atoms with Crippen LogP contribution >= 0.6 is 0 Å². The smallest absolute Gasteiger partial charge is 0.320 e. The van der Waals surface area contributed by atoms with Gasteiger partial charge in [-0.25, -0.2) is 18.5 Å². The molecule has 1 saturated heterocycles. The van der Waals surface area contributed by atoms with Crippen LogP contribution in [0, 0.1) is 17.6 Å². The molecule has 0 atom stereocenters. The van der Waals surface area contributed by atoms with Gasteiger partial charge >= 0.3 is 17.8 Å². The summed E-state index contributed by atoms with van der Waals surface area (Å²) < 4.78 is 27.0. The van der Waals surface area contributed by atoms with Gasteiger partial charge in [0, 0.05) is 6.54 Å². The quantitative estimate of drug-likeness (QED) is 0.648. The fourth-order valence-corrected chi connectivity index (χ4v) is 2.16. The molecule has 7 nitrogen and oxygen atoms in total. The summed E-state index contributed by atoms with van der Waals surface area (Å²) in [4.78, 5) is 48.7. The van der Waals surface area contributed by atoms with Crippen LogP contribution in [0.5, 0.6) is 0 Å². The predicted molar refractivity (Wildman–Crippen MR) is 78.6 cm³/mol. The Balaban J connectivity index is 2.10. The molecule has 1 N–H and O–H groups in total. The molecule has 0 spiro atoms. The zero-order chi connectivity index (χ0) is 18.0. The van der Waals surface area contributed by atoms with Crippen molar-refractivity contribution in [2.24, 2.45) is 5.92 Å². The lowest BCUT2D eigenvalue weighted by Crippen LogP contribution is -2.39. The molecular weight excluding hydrogens is 324 g/mol. The summed E-state index contributed by atoms with van der Waals surface area (Å²) in [6, 6.07) is 2.08. The van der Waals surface area contributed by atoms with E-state index in [9.17, 15) is 28.0 Å². The van der Waals surface area contributed by atoms with Gasteiger partial charge in [-0.2, -0.15) is 0 Å². The van der Waals surface area contributed by atoms with E-state index >= 15 is 0 Å². The van der Waals surface area contributed by atoms with E-state index in [1.165, 1.54) is 0 Å². The zero-order valence-corrected chi connectivity index (χ0v) is 13.0. The fourth-order valence-electron chi connectivity index (χ4n) is 2.16. The van der Waals surface area contributed by atoms with Gasteiger partial charge in [-0.05, 0) is 18.1 Å². The van der Waals surface area contributed by atoms with Gasteiger partial charge in [-0.15, -0.1) is 0 Å². The molecule has 1 fully saturated rings. The number of nitrogens with one attached hydrogen (secondary N) is 1. The molecule has 0 saturated carbocycles. The molecule has 1 aliphatic rings. The van der Waals surface area contributed by atoms with Crippen LogP contribution in [0.1, 0.15) is 13.8 Å². The van der Waals surface area contributed by atoms with Crippen LogP contribution in [0.2, 0.25) is 0 Å². The molecule has 1 aromatic carbocycles. The first-order valence-corrected chi connectivity index (χ1v) is 7.13. The van der Waals surface area contributed by atoms with Gasteiger partial charge in [0.25, 0.3) is 0 Å². The molecule has 2 rings (SSSR count). The summed E-state index contributed by atoms with van der Waals surface area (Å²) in [7, 11) is 0. The van der Waals surface area contributed by atoms with Gasteiger partial charge in [-0.3, -0.25) is 19.3 Å². The highest BCUT2D eigenvalue weighted by molar-refractivity contribution is 6.45. The zero-order valence-electron chi connectivity index (χ0n) is 13.0. The Kier molecular flexibility index (Phi) is 4.91. The third kappa shape index (κ3) is 3.39. The SMILES string of the molecule is CC(C)CN1C(=O)C(=O)N(CC(=O)Nc2c(F)cccc2F)C1=O. The summed E-state index contributed by atoms with van der Waals surface area (Å²) in [5.74, 6) is -5.24. The highest BCUT2D eigenvalue weighted by atomic mass is 19.1. The Labute approximate surface area is 136 Å². The van der Waals surface area contributed by atoms with Crippen LogP contribution in [0.15, 0.2) is 18.2 Å². The summed E-state index contributed by atoms with van der Waals surface area (Å²) in [6.45, 7) is 2.72. The Hall–Kier alpha value is -2.84. The second-order valence-electron chi connectivity index (χ2n) is 5.63. The third-order valence-corrected chi connectivity index (χ3v) is 3.21. The van der Waals surface area contributed by atoms with Gasteiger partial charge in [0.15, 0.2) is 0 Å². The van der Waals surface area contributed by atoms with E-state index in [1.54, 1.807) is 13.8 Å². The third-order valence-electron chi connectivity index (χ3n) is 3.21. The number of benzene rings is 1. The minimum Gasteiger partial charge on any atom is -0.320 e. The van der Waals surface area contributed by atoms with E-state index in [4.69, 9.17) is 0 Å². The number of carbonyl (C=O) groups is 4. The number of urea groups is 1. The van der Waals surface area contributed by atoms with E-state index in [0.717, 1.165) is 23.1 Å². The Morgan fingerprint density at radius 3 is 2.17 bits per heavy atom. The lowest BCUT2D eigenvalue weighted by atomic mass is 10.2. The molecule has 1 aromatic rings. The normalized spacial score (nSPS) is 14.8. The van der Waals surface area contributed by atoms with Crippen molar-refractivity contribution in [3.8, 4) is 0 Å². The van der Waals surface area contributed by atoms with Crippen molar-refractivity contribution >= 4 is 29.4 Å². The van der Waals surface area contributed by atoms with Crippen LogP contribution in [-0.2, 0) is 14.4 Å². The van der Waals surface area contributed by atoms with Crippen LogP contribution in [0.25, 0.3) is 0 Å². The summed E-state index contributed by atoms with van der Waals surface area (Å²) in [6.07, 6.45) is 0. The van der Waals surface area contributed by atoms with E-state index in [1.807, 2.05) is 5.32 Å². The van der Waals surface area contributed by atoms with Crippen molar-refractivity contribution in [1.82, 2.24) is 9.80 Å². The monoisotopic (exact) mass is 339 g/mol. The lowest BCUT2D eigenvalue weighted by Gasteiger charge is -2.17. The Bertz CT molecular complexity index is 700. The second-order valence-corrected chi connectivity index (χ2v) is 5.63. The van der Waals surface area contributed by atoms with E-state index < -0.39 is 47.6 Å². The number of halogens is 2. The van der Waals surface area contributed by atoms with Crippen molar-refractivity contribution in [1.29, 1.82) is 0 Å². The second kappa shape index (κ2) is 6.73. The molecule has 0 bridgehead atoms. The molecule has 0 aliphatic carbocycles. The van der Waals surface area contributed by atoms with Gasteiger partial charge in [0.2, 0.25) is 5.91 Å². The van der Waals surface area contributed by atoms with Crippen molar-refractivity contribution in [2.45, 2.75) is 13.8 Å². The number of carbonyl (C=O) groups excluding carboxylic acids is 4. The number of amides is 5. The fraction of sp³-hybridized carbons (Fsp3) is 0.333. The predicted octanol–water partition coefficient (Wildman–Crippen LogP) is 1.35. The molecule has 0 aromatic heterocycles. The number of rotatable bonds is 5. The largest absolute Gasteiger partial charge is 0.334 e. The van der Waals surface area contributed by atoms with Crippen molar-refractivity contribution < 1.29 is 28.0 Å². The van der Waals surface area contributed by atoms with Crippen molar-refractivity contribution in [3.63, 3.8) is 0 Å². The molecular formula is C15H15F2N3O4. The molecule has 24 heavy (non-hydrogen) atoms. The van der Waals surface area contributed by atoms with E-state index in [0.29, 0.717) is 4.90 Å². The minimum atomic E-state index is -1.15. The van der Waals surface area contributed by atoms with Crippen molar-refractivity contribution in [2.75, 3.05) is 18.4 Å². The molecule has 5 amide bonds. The maximum Gasteiger partial charge on any atom is 0.334 e. The standard InChI is InChI=1S/C15H15F2N3O4/c1-8(2)6-19-13(22)14(23)20(15(19)24)7-11(21)18-12-9(16)4-3-5-10(12)17/h3-5,8H,6-7H2,1-2H3,(H,18,21). The van der Waals surface area contributed by atoms with Crippen LogP contribution in [0.3, 0.4) is 0 Å². The summed E-state index contributed by atoms with van der Waals surface area (Å²) in [5, 5.41) is 1.95. The minimum absolute atomic E-state index is 0.0312. The van der Waals surface area contributed by atoms with Gasteiger partial charge in [0.05, 0.1) is 0 Å². The molecule has 1 aliphatic heterocycles. The average Bonchev–Trinajstić information content (AvgIpc) is 2.68. The number of hydrogen-bond acceptors (Lipinski definition) is 4. The summed E-state index contributed by atoms with van der Waals surface area (Å²) in [5.41, 5.74) is -0.688. The van der Waals surface area contributed by atoms with Gasteiger partial charge < -0.3 is 5.32 Å². The topological polar surface area (TPSA) is 86.8 Å². The Morgan fingerprint density at radius 1 is 1.08 bits per heavy atom. The molecule has 128 valence electrons. The number of para-hydroxylation sites is 1. The van der Waals surface area contributed by atoms with Gasteiger partial charge in [0.1, 0.15) is 23.9 Å². The first-order chi connectivity index (χ1) is 11.2. The molecule has 0 unspecified atom stereocenters. The average molecular weight is 339 g/mol.